The van der Waals surface area contributed by atoms with Gasteiger partial charge in [-0.1, -0.05) is 12.1 Å². The van der Waals surface area contributed by atoms with Crippen molar-refractivity contribution in [3.8, 4) is 11.3 Å². The Hall–Kier alpha value is -2.17. The third-order valence-electron chi connectivity index (χ3n) is 1.88. The summed E-state index contributed by atoms with van der Waals surface area (Å²) in [6, 6.07) is 5.67. The van der Waals surface area contributed by atoms with Crippen LogP contribution >= 0.6 is 0 Å². The molecule has 0 fully saturated rings. The van der Waals surface area contributed by atoms with Gasteiger partial charge >= 0.3 is 0 Å². The minimum Gasteiger partial charge on any atom is -0.543 e. The van der Waals surface area contributed by atoms with Crippen molar-refractivity contribution in [3.63, 3.8) is 0 Å². The fourth-order valence-electron chi connectivity index (χ4n) is 1.23. The highest BCUT2D eigenvalue weighted by atomic mass is 19.1. The number of oxazole rings is 1. The number of aromatic nitrogens is 1. The number of hydrogen-bond acceptors (Lipinski definition) is 4. The van der Waals surface area contributed by atoms with Crippen molar-refractivity contribution in [1.82, 2.24) is 4.98 Å². The second kappa shape index (κ2) is 3.53. The van der Waals surface area contributed by atoms with E-state index in [0.717, 1.165) is 6.39 Å². The van der Waals surface area contributed by atoms with Crippen molar-refractivity contribution in [1.29, 1.82) is 0 Å². The predicted octanol–water partition coefficient (Wildman–Crippen LogP) is 0.844. The Morgan fingerprint density at radius 2 is 2.13 bits per heavy atom. The van der Waals surface area contributed by atoms with E-state index in [1.54, 1.807) is 6.07 Å². The quantitative estimate of drug-likeness (QED) is 0.730. The van der Waals surface area contributed by atoms with Crippen LogP contribution in [0.3, 0.4) is 0 Å². The van der Waals surface area contributed by atoms with Gasteiger partial charge in [0.25, 0.3) is 0 Å². The van der Waals surface area contributed by atoms with E-state index in [0.29, 0.717) is 0 Å². The Kier molecular flexibility index (Phi) is 2.21. The van der Waals surface area contributed by atoms with Crippen LogP contribution in [0.2, 0.25) is 0 Å². The number of halogens is 1. The third kappa shape index (κ3) is 1.59. The second-order valence-corrected chi connectivity index (χ2v) is 2.80. The minimum absolute atomic E-state index is 0.0502. The molecule has 2 rings (SSSR count). The number of rotatable bonds is 2. The molecule has 15 heavy (non-hydrogen) atoms. The molecule has 1 heterocycles. The van der Waals surface area contributed by atoms with Crippen LogP contribution < -0.4 is 5.11 Å². The molecule has 0 aliphatic rings. The van der Waals surface area contributed by atoms with Crippen molar-refractivity contribution >= 4 is 5.97 Å². The SMILES string of the molecule is O=C([O-])c1ncoc1-c1ccccc1F. The molecule has 1 aromatic heterocycles. The zero-order valence-electron chi connectivity index (χ0n) is 7.44. The molecule has 0 radical (unpaired) electrons. The van der Waals surface area contributed by atoms with Gasteiger partial charge in [0.2, 0.25) is 0 Å². The second-order valence-electron chi connectivity index (χ2n) is 2.80. The fraction of sp³-hybridized carbons (Fsp3) is 0. The largest absolute Gasteiger partial charge is 0.543 e. The molecular formula is C10H5FNO3-. The number of hydrogen-bond donors (Lipinski definition) is 0. The van der Waals surface area contributed by atoms with Crippen LogP contribution in [0, 0.1) is 5.82 Å². The molecule has 1 aromatic carbocycles. The van der Waals surface area contributed by atoms with E-state index in [4.69, 9.17) is 4.42 Å². The molecule has 0 saturated heterocycles. The molecule has 0 saturated carbocycles. The van der Waals surface area contributed by atoms with Gasteiger partial charge in [-0.2, -0.15) is 0 Å². The van der Waals surface area contributed by atoms with Crippen molar-refractivity contribution < 1.29 is 18.7 Å². The molecule has 0 spiro atoms. The number of carbonyl (C=O) groups excluding carboxylic acids is 1. The van der Waals surface area contributed by atoms with Crippen LogP contribution in [0.1, 0.15) is 10.5 Å². The molecule has 0 N–H and O–H groups in total. The van der Waals surface area contributed by atoms with Gasteiger partial charge in [0.1, 0.15) is 11.5 Å². The summed E-state index contributed by atoms with van der Waals surface area (Å²) in [5.41, 5.74) is -0.353. The summed E-state index contributed by atoms with van der Waals surface area (Å²) < 4.78 is 18.1. The zero-order valence-corrected chi connectivity index (χ0v) is 7.44. The summed E-state index contributed by atoms with van der Waals surface area (Å²) in [4.78, 5) is 14.0. The van der Waals surface area contributed by atoms with Gasteiger partial charge in [0.05, 0.1) is 11.5 Å². The number of aromatic carboxylic acids is 1. The minimum atomic E-state index is -1.50. The summed E-state index contributed by atoms with van der Waals surface area (Å²) in [5, 5.41) is 10.6. The first-order chi connectivity index (χ1) is 7.20. The van der Waals surface area contributed by atoms with E-state index in [2.05, 4.69) is 4.98 Å². The van der Waals surface area contributed by atoms with E-state index in [1.807, 2.05) is 0 Å². The highest BCUT2D eigenvalue weighted by molar-refractivity contribution is 5.90. The highest BCUT2D eigenvalue weighted by Crippen LogP contribution is 2.25. The smallest absolute Gasteiger partial charge is 0.182 e. The Balaban J connectivity index is 2.59. The lowest BCUT2D eigenvalue weighted by Gasteiger charge is -2.02. The monoisotopic (exact) mass is 206 g/mol. The first-order valence-electron chi connectivity index (χ1n) is 4.10. The van der Waals surface area contributed by atoms with Crippen LogP contribution in [0.5, 0.6) is 0 Å². The van der Waals surface area contributed by atoms with E-state index < -0.39 is 17.5 Å². The Morgan fingerprint density at radius 3 is 2.80 bits per heavy atom. The molecule has 4 nitrogen and oxygen atoms in total. The van der Waals surface area contributed by atoms with E-state index in [-0.39, 0.29) is 11.3 Å². The summed E-state index contributed by atoms with van der Waals surface area (Å²) in [6.45, 7) is 0. The lowest BCUT2D eigenvalue weighted by atomic mass is 10.1. The first-order valence-corrected chi connectivity index (χ1v) is 4.10. The Morgan fingerprint density at radius 1 is 1.40 bits per heavy atom. The van der Waals surface area contributed by atoms with Crippen LogP contribution in [-0.2, 0) is 0 Å². The van der Waals surface area contributed by atoms with E-state index in [1.165, 1.54) is 18.2 Å². The topological polar surface area (TPSA) is 66.2 Å². The number of carbonyl (C=O) groups is 1. The molecular weight excluding hydrogens is 201 g/mol. The molecule has 5 heteroatoms. The fourth-order valence-corrected chi connectivity index (χ4v) is 1.23. The molecule has 0 aliphatic carbocycles. The first kappa shape index (κ1) is 9.39. The average molecular weight is 206 g/mol. The van der Waals surface area contributed by atoms with Crippen LogP contribution in [0.4, 0.5) is 4.39 Å². The molecule has 2 aromatic rings. The summed E-state index contributed by atoms with van der Waals surface area (Å²) in [7, 11) is 0. The lowest BCUT2D eigenvalue weighted by Crippen LogP contribution is -2.23. The predicted molar refractivity (Wildman–Crippen MR) is 46.2 cm³/mol. The van der Waals surface area contributed by atoms with Crippen LogP contribution in [-0.4, -0.2) is 11.0 Å². The normalized spacial score (nSPS) is 10.2. The molecule has 0 atom stereocenters. The number of carboxylic acid groups (broad SMARTS) is 1. The van der Waals surface area contributed by atoms with Crippen molar-refractivity contribution in [2.75, 3.05) is 0 Å². The Labute approximate surface area is 84.0 Å². The maximum absolute atomic E-state index is 13.3. The third-order valence-corrected chi connectivity index (χ3v) is 1.88. The van der Waals surface area contributed by atoms with Gasteiger partial charge in [-0.15, -0.1) is 0 Å². The summed E-state index contributed by atoms with van der Waals surface area (Å²) in [5.74, 6) is -2.20. The van der Waals surface area contributed by atoms with Crippen molar-refractivity contribution in [2.45, 2.75) is 0 Å². The van der Waals surface area contributed by atoms with Gasteiger partial charge in [-0.05, 0) is 12.1 Å². The van der Waals surface area contributed by atoms with E-state index in [9.17, 15) is 14.3 Å². The molecule has 0 amide bonds. The van der Waals surface area contributed by atoms with Gasteiger partial charge in [-0.3, -0.25) is 0 Å². The zero-order chi connectivity index (χ0) is 10.8. The van der Waals surface area contributed by atoms with Gasteiger partial charge in [0, 0.05) is 0 Å². The molecule has 0 aliphatic heterocycles. The Bertz CT molecular complexity index is 507. The average Bonchev–Trinajstić information content (AvgIpc) is 2.67. The van der Waals surface area contributed by atoms with Crippen molar-refractivity contribution in [2.24, 2.45) is 0 Å². The van der Waals surface area contributed by atoms with Crippen molar-refractivity contribution in [3.05, 3.63) is 42.2 Å². The maximum Gasteiger partial charge on any atom is 0.182 e. The molecule has 0 unspecified atom stereocenters. The highest BCUT2D eigenvalue weighted by Gasteiger charge is 2.14. The van der Waals surface area contributed by atoms with Gasteiger partial charge in [-0.25, -0.2) is 9.37 Å². The van der Waals surface area contributed by atoms with Gasteiger partial charge in [0.15, 0.2) is 12.2 Å². The maximum atomic E-state index is 13.3. The van der Waals surface area contributed by atoms with Crippen LogP contribution in [0.15, 0.2) is 35.1 Å². The number of nitrogens with zero attached hydrogens (tertiary/aromatic N) is 1. The molecule has 76 valence electrons. The summed E-state index contributed by atoms with van der Waals surface area (Å²) >= 11 is 0. The molecule has 0 bridgehead atoms. The number of benzene rings is 1. The standard InChI is InChI=1S/C10H6FNO3/c11-7-4-2-1-3-6(7)9-8(10(13)14)12-5-15-9/h1-5H,(H,13,14)/p-1. The van der Waals surface area contributed by atoms with Crippen LogP contribution in [0.25, 0.3) is 11.3 Å². The summed E-state index contributed by atoms with van der Waals surface area (Å²) in [6.07, 6.45) is 0.937. The lowest BCUT2D eigenvalue weighted by molar-refractivity contribution is -0.255. The number of carboxylic acids is 1. The van der Waals surface area contributed by atoms with Gasteiger partial charge < -0.3 is 14.3 Å². The van der Waals surface area contributed by atoms with E-state index >= 15 is 0 Å².